The van der Waals surface area contributed by atoms with Crippen LogP contribution in [0.25, 0.3) is 0 Å². The number of alkyl halides is 3. The van der Waals surface area contributed by atoms with E-state index in [0.717, 1.165) is 22.6 Å². The highest BCUT2D eigenvalue weighted by molar-refractivity contribution is 6.21. The molecule has 1 atom stereocenters. The lowest BCUT2D eigenvalue weighted by molar-refractivity contribution is -0.915. The first kappa shape index (κ1) is 20.4. The van der Waals surface area contributed by atoms with Crippen molar-refractivity contribution in [2.24, 2.45) is 0 Å². The molecule has 2 saturated heterocycles. The van der Waals surface area contributed by atoms with Crippen LogP contribution < -0.4 is 14.7 Å². The summed E-state index contributed by atoms with van der Waals surface area (Å²) in [5.74, 6) is -0.406. The van der Waals surface area contributed by atoms with Gasteiger partial charge in [-0.25, -0.2) is 4.90 Å². The highest BCUT2D eigenvalue weighted by atomic mass is 19.4. The monoisotopic (exact) mass is 418 g/mol. The number of quaternary nitrogens is 1. The van der Waals surface area contributed by atoms with E-state index in [4.69, 9.17) is 0 Å². The molecule has 158 valence electrons. The van der Waals surface area contributed by atoms with Gasteiger partial charge < -0.3 is 9.80 Å². The van der Waals surface area contributed by atoms with Gasteiger partial charge in [-0.15, -0.1) is 0 Å². The summed E-state index contributed by atoms with van der Waals surface area (Å²) in [6.45, 7) is 4.13. The van der Waals surface area contributed by atoms with Gasteiger partial charge >= 0.3 is 6.18 Å². The average molecular weight is 418 g/mol. The van der Waals surface area contributed by atoms with Gasteiger partial charge in [0.2, 0.25) is 5.91 Å². The largest absolute Gasteiger partial charge is 0.416 e. The predicted molar refractivity (Wildman–Crippen MR) is 106 cm³/mol. The van der Waals surface area contributed by atoms with Crippen LogP contribution in [0.4, 0.5) is 24.5 Å². The molecule has 8 heteroatoms. The summed E-state index contributed by atoms with van der Waals surface area (Å²) in [5.41, 5.74) is 1.42. The first-order valence-corrected chi connectivity index (χ1v) is 9.94. The Bertz CT molecular complexity index is 968. The number of rotatable bonds is 3. The average Bonchev–Trinajstić information content (AvgIpc) is 3.01. The highest BCUT2D eigenvalue weighted by Gasteiger charge is 2.46. The predicted octanol–water partition coefficient (Wildman–Crippen LogP) is 2.05. The molecule has 2 aromatic carbocycles. The first-order valence-electron chi connectivity index (χ1n) is 9.94. The quantitative estimate of drug-likeness (QED) is 0.777. The molecule has 0 saturated carbocycles. The van der Waals surface area contributed by atoms with Gasteiger partial charge in [0.05, 0.1) is 43.9 Å². The fourth-order valence-electron chi connectivity index (χ4n) is 4.27. The smallest absolute Gasteiger partial charge is 0.360 e. The number of hydrogen-bond acceptors (Lipinski definition) is 3. The number of amides is 2. The molecule has 2 amide bonds. The maximum absolute atomic E-state index is 13.0. The number of carbonyl (C=O) groups is 2. The number of imide groups is 1. The molecular formula is C22H23F3N3O2+. The molecule has 2 aliphatic rings. The number of aryl methyl sites for hydroxylation is 1. The molecule has 0 spiro atoms. The normalized spacial score (nSPS) is 20.9. The topological polar surface area (TPSA) is 45.1 Å². The Kier molecular flexibility index (Phi) is 5.27. The first-order chi connectivity index (χ1) is 14.2. The third-order valence-electron chi connectivity index (χ3n) is 5.84. The van der Waals surface area contributed by atoms with Crippen molar-refractivity contribution in [3.8, 4) is 0 Å². The number of halogens is 3. The Labute approximate surface area is 172 Å². The zero-order valence-corrected chi connectivity index (χ0v) is 16.6. The lowest BCUT2D eigenvalue weighted by atomic mass is 10.1. The van der Waals surface area contributed by atoms with E-state index in [2.05, 4.69) is 0 Å². The van der Waals surface area contributed by atoms with E-state index in [-0.39, 0.29) is 18.2 Å². The minimum absolute atomic E-state index is 0.158. The van der Waals surface area contributed by atoms with Crippen LogP contribution in [0.15, 0.2) is 48.5 Å². The molecule has 0 aromatic heterocycles. The molecule has 2 aliphatic heterocycles. The molecule has 0 unspecified atom stereocenters. The SMILES string of the molecule is Cc1cccc(N2C(=O)C[C@@H]([NH+]3CCN(c4cccc(C(F)(F)F)c4)CC3)C2=O)c1. The van der Waals surface area contributed by atoms with Crippen molar-refractivity contribution in [3.63, 3.8) is 0 Å². The van der Waals surface area contributed by atoms with Gasteiger partial charge in [-0.1, -0.05) is 18.2 Å². The van der Waals surface area contributed by atoms with Gasteiger partial charge in [0.25, 0.3) is 5.91 Å². The van der Waals surface area contributed by atoms with Crippen molar-refractivity contribution in [1.29, 1.82) is 0 Å². The zero-order valence-electron chi connectivity index (χ0n) is 16.6. The highest BCUT2D eigenvalue weighted by Crippen LogP contribution is 2.31. The van der Waals surface area contributed by atoms with Crippen LogP contribution in [0.2, 0.25) is 0 Å². The van der Waals surface area contributed by atoms with Crippen LogP contribution >= 0.6 is 0 Å². The van der Waals surface area contributed by atoms with Crippen LogP contribution in [-0.4, -0.2) is 44.0 Å². The molecule has 30 heavy (non-hydrogen) atoms. The zero-order chi connectivity index (χ0) is 21.5. The molecule has 4 rings (SSSR count). The van der Waals surface area contributed by atoms with Gasteiger partial charge in [-0.3, -0.25) is 9.59 Å². The maximum atomic E-state index is 13.0. The second-order valence-corrected chi connectivity index (χ2v) is 7.86. The number of carbonyl (C=O) groups excluding carboxylic acids is 2. The number of nitrogens with one attached hydrogen (secondary N) is 1. The molecule has 0 radical (unpaired) electrons. The van der Waals surface area contributed by atoms with E-state index in [1.807, 2.05) is 30.0 Å². The standard InChI is InChI=1S/C22H22F3N3O2/c1-15-4-2-7-18(12-15)28-20(29)14-19(21(28)30)27-10-8-26(9-11-27)17-6-3-5-16(13-17)22(23,24)25/h2-7,12-13,19H,8-11,14H2,1H3/p+1/t19-/m1/s1. The van der Waals surface area contributed by atoms with Crippen LogP contribution in [0, 0.1) is 6.92 Å². The Hall–Kier alpha value is -2.87. The number of piperazine rings is 1. The molecular weight excluding hydrogens is 395 g/mol. The molecule has 0 aliphatic carbocycles. The van der Waals surface area contributed by atoms with E-state index < -0.39 is 17.8 Å². The van der Waals surface area contributed by atoms with Gasteiger partial charge in [0.15, 0.2) is 6.04 Å². The van der Waals surface area contributed by atoms with Gasteiger partial charge in [-0.05, 0) is 42.8 Å². The Morgan fingerprint density at radius 1 is 0.967 bits per heavy atom. The number of benzene rings is 2. The van der Waals surface area contributed by atoms with Crippen molar-refractivity contribution >= 4 is 23.2 Å². The van der Waals surface area contributed by atoms with E-state index in [1.54, 1.807) is 12.1 Å². The van der Waals surface area contributed by atoms with Crippen molar-refractivity contribution in [1.82, 2.24) is 0 Å². The third kappa shape index (κ3) is 3.92. The van der Waals surface area contributed by atoms with Crippen LogP contribution in [0.5, 0.6) is 0 Å². The number of hydrogen-bond donors (Lipinski definition) is 1. The van der Waals surface area contributed by atoms with E-state index >= 15 is 0 Å². The summed E-state index contributed by atoms with van der Waals surface area (Å²) in [7, 11) is 0. The summed E-state index contributed by atoms with van der Waals surface area (Å²) >= 11 is 0. The van der Waals surface area contributed by atoms with Crippen LogP contribution in [0.3, 0.4) is 0 Å². The second kappa shape index (κ2) is 7.75. The van der Waals surface area contributed by atoms with Gasteiger partial charge in [-0.2, -0.15) is 13.2 Å². The van der Waals surface area contributed by atoms with Gasteiger partial charge in [0, 0.05) is 5.69 Å². The van der Waals surface area contributed by atoms with E-state index in [0.29, 0.717) is 37.6 Å². The van der Waals surface area contributed by atoms with Crippen molar-refractivity contribution in [2.45, 2.75) is 25.6 Å². The fourth-order valence-corrected chi connectivity index (χ4v) is 4.27. The number of nitrogens with zero attached hydrogens (tertiary/aromatic N) is 2. The van der Waals surface area contributed by atoms with Crippen molar-refractivity contribution in [3.05, 3.63) is 59.7 Å². The summed E-state index contributed by atoms with van der Waals surface area (Å²) in [4.78, 5) is 29.7. The van der Waals surface area contributed by atoms with Crippen LogP contribution in [0.1, 0.15) is 17.5 Å². The minimum atomic E-state index is -4.38. The summed E-state index contributed by atoms with van der Waals surface area (Å²) in [6, 6.07) is 12.2. The Morgan fingerprint density at radius 3 is 2.30 bits per heavy atom. The fraction of sp³-hybridized carbons (Fsp3) is 0.364. The van der Waals surface area contributed by atoms with Crippen molar-refractivity contribution in [2.75, 3.05) is 36.0 Å². The molecule has 1 N–H and O–H groups in total. The lowest BCUT2D eigenvalue weighted by Gasteiger charge is -2.35. The third-order valence-corrected chi connectivity index (χ3v) is 5.84. The Balaban J connectivity index is 1.44. The molecule has 5 nitrogen and oxygen atoms in total. The Morgan fingerprint density at radius 2 is 1.63 bits per heavy atom. The van der Waals surface area contributed by atoms with Crippen molar-refractivity contribution < 1.29 is 27.7 Å². The van der Waals surface area contributed by atoms with E-state index in [1.165, 1.54) is 11.0 Å². The van der Waals surface area contributed by atoms with Crippen LogP contribution in [-0.2, 0) is 15.8 Å². The van der Waals surface area contributed by atoms with Gasteiger partial charge in [0.1, 0.15) is 0 Å². The molecule has 2 heterocycles. The summed E-state index contributed by atoms with van der Waals surface area (Å²) in [5, 5.41) is 0. The summed E-state index contributed by atoms with van der Waals surface area (Å²) < 4.78 is 39.0. The molecule has 0 bridgehead atoms. The molecule has 2 fully saturated rings. The van der Waals surface area contributed by atoms with E-state index in [9.17, 15) is 22.8 Å². The second-order valence-electron chi connectivity index (χ2n) is 7.86. The lowest BCUT2D eigenvalue weighted by Crippen LogP contribution is -3.19. The number of anilines is 2. The summed E-state index contributed by atoms with van der Waals surface area (Å²) in [6.07, 6.45) is -4.22. The minimum Gasteiger partial charge on any atom is -0.360 e. The maximum Gasteiger partial charge on any atom is 0.416 e. The molecule has 2 aromatic rings.